The van der Waals surface area contributed by atoms with Crippen LogP contribution in [0, 0.1) is 0 Å². The molecule has 0 aliphatic carbocycles. The Morgan fingerprint density at radius 3 is 2.67 bits per heavy atom. The van der Waals surface area contributed by atoms with E-state index in [-0.39, 0.29) is 12.5 Å². The Morgan fingerprint density at radius 1 is 1.07 bits per heavy atom. The Balaban J connectivity index is 1.53. The summed E-state index contributed by atoms with van der Waals surface area (Å²) < 4.78 is 5.40. The molecule has 2 aromatic carbocycles. The number of rotatable bonds is 3. The number of carbonyl (C=O) groups is 1. The summed E-state index contributed by atoms with van der Waals surface area (Å²) in [4.78, 5) is 21.9. The van der Waals surface area contributed by atoms with Gasteiger partial charge in [0.15, 0.2) is 5.84 Å². The molecule has 0 atom stereocenters. The SMILES string of the molecule is O=C1CN2C(=NN1CN1CCOCC1)CN=C(c1ccccc1)c1cc(Cl)ccc12. The predicted molar refractivity (Wildman–Crippen MR) is 117 cm³/mol. The third-order valence-corrected chi connectivity index (χ3v) is 5.73. The van der Waals surface area contributed by atoms with Crippen LogP contribution in [0.15, 0.2) is 58.6 Å². The van der Waals surface area contributed by atoms with Gasteiger partial charge in [0.25, 0.3) is 5.91 Å². The molecule has 3 aliphatic heterocycles. The number of amides is 1. The van der Waals surface area contributed by atoms with Gasteiger partial charge in [0.2, 0.25) is 0 Å². The molecule has 30 heavy (non-hydrogen) atoms. The molecular weight excluding hydrogens is 402 g/mol. The number of hydrogen-bond acceptors (Lipinski definition) is 6. The molecule has 0 unspecified atom stereocenters. The van der Waals surface area contributed by atoms with Gasteiger partial charge in [-0.25, -0.2) is 5.01 Å². The van der Waals surface area contributed by atoms with Gasteiger partial charge < -0.3 is 9.64 Å². The summed E-state index contributed by atoms with van der Waals surface area (Å²) in [5, 5.41) is 6.89. The molecule has 0 bridgehead atoms. The van der Waals surface area contributed by atoms with Crippen molar-refractivity contribution >= 4 is 34.7 Å². The largest absolute Gasteiger partial charge is 0.379 e. The fraction of sp³-hybridized carbons (Fsp3) is 0.318. The molecule has 1 fully saturated rings. The van der Waals surface area contributed by atoms with Crippen molar-refractivity contribution in [2.75, 3.05) is 51.0 Å². The Hall–Kier alpha value is -2.74. The molecular formula is C22H22ClN5O2. The van der Waals surface area contributed by atoms with E-state index in [0.29, 0.717) is 31.4 Å². The van der Waals surface area contributed by atoms with Gasteiger partial charge in [0.1, 0.15) is 6.54 Å². The first-order chi connectivity index (χ1) is 14.7. The Kier molecular flexibility index (Phi) is 5.25. The van der Waals surface area contributed by atoms with E-state index in [9.17, 15) is 4.79 Å². The fourth-order valence-electron chi connectivity index (χ4n) is 3.95. The molecule has 8 heteroatoms. The third kappa shape index (κ3) is 3.71. The smallest absolute Gasteiger partial charge is 0.263 e. The van der Waals surface area contributed by atoms with Gasteiger partial charge in [0.05, 0.1) is 37.8 Å². The van der Waals surface area contributed by atoms with Crippen molar-refractivity contribution in [3.8, 4) is 0 Å². The summed E-state index contributed by atoms with van der Waals surface area (Å²) in [5.74, 6) is 0.728. The first kappa shape index (κ1) is 19.2. The van der Waals surface area contributed by atoms with Gasteiger partial charge in [-0.15, -0.1) is 0 Å². The van der Waals surface area contributed by atoms with E-state index >= 15 is 0 Å². The monoisotopic (exact) mass is 423 g/mol. The van der Waals surface area contributed by atoms with Crippen LogP contribution in [0.5, 0.6) is 0 Å². The van der Waals surface area contributed by atoms with Gasteiger partial charge in [-0.3, -0.25) is 14.7 Å². The van der Waals surface area contributed by atoms with Crippen LogP contribution in [0.25, 0.3) is 0 Å². The number of amidine groups is 1. The van der Waals surface area contributed by atoms with Gasteiger partial charge in [-0.05, 0) is 18.2 Å². The molecule has 0 radical (unpaired) electrons. The number of carbonyl (C=O) groups excluding carboxylic acids is 1. The molecule has 0 N–H and O–H groups in total. The fourth-order valence-corrected chi connectivity index (χ4v) is 4.12. The number of benzene rings is 2. The molecule has 3 aliphatic rings. The minimum Gasteiger partial charge on any atom is -0.379 e. The zero-order chi connectivity index (χ0) is 20.5. The topological polar surface area (TPSA) is 60.7 Å². The highest BCUT2D eigenvalue weighted by Crippen LogP contribution is 2.31. The minimum absolute atomic E-state index is 0.0331. The highest BCUT2D eigenvalue weighted by Gasteiger charge is 2.32. The van der Waals surface area contributed by atoms with Gasteiger partial charge >= 0.3 is 0 Å². The van der Waals surface area contributed by atoms with Crippen LogP contribution in [0.2, 0.25) is 5.02 Å². The molecule has 7 nitrogen and oxygen atoms in total. The average molecular weight is 424 g/mol. The normalized spacial score (nSPS) is 19.6. The van der Waals surface area contributed by atoms with E-state index in [0.717, 1.165) is 41.5 Å². The van der Waals surface area contributed by atoms with Crippen LogP contribution >= 0.6 is 11.6 Å². The zero-order valence-electron chi connectivity index (χ0n) is 16.5. The summed E-state index contributed by atoms with van der Waals surface area (Å²) in [6.45, 7) is 4.07. The maximum absolute atomic E-state index is 12.9. The van der Waals surface area contributed by atoms with Crippen LogP contribution < -0.4 is 4.90 Å². The summed E-state index contributed by atoms with van der Waals surface area (Å²) in [6, 6.07) is 15.7. The van der Waals surface area contributed by atoms with Crippen LogP contribution in [-0.4, -0.2) is 73.4 Å². The number of ether oxygens (including phenoxy) is 1. The maximum atomic E-state index is 12.9. The molecule has 1 amide bonds. The molecule has 0 saturated carbocycles. The first-order valence-corrected chi connectivity index (χ1v) is 10.4. The summed E-state index contributed by atoms with van der Waals surface area (Å²) in [6.07, 6.45) is 0. The third-order valence-electron chi connectivity index (χ3n) is 5.50. The Bertz CT molecular complexity index is 1020. The number of morpholine rings is 1. The van der Waals surface area contributed by atoms with Crippen molar-refractivity contribution in [3.05, 3.63) is 64.7 Å². The number of halogens is 1. The molecule has 154 valence electrons. The van der Waals surface area contributed by atoms with Crippen molar-refractivity contribution in [1.29, 1.82) is 0 Å². The van der Waals surface area contributed by atoms with E-state index < -0.39 is 0 Å². The summed E-state index contributed by atoms with van der Waals surface area (Å²) >= 11 is 6.32. The van der Waals surface area contributed by atoms with E-state index in [1.165, 1.54) is 0 Å². The molecule has 2 aromatic rings. The van der Waals surface area contributed by atoms with E-state index in [4.69, 9.17) is 26.4 Å². The van der Waals surface area contributed by atoms with Crippen molar-refractivity contribution in [2.45, 2.75) is 0 Å². The number of nitrogens with zero attached hydrogens (tertiary/aromatic N) is 5. The van der Waals surface area contributed by atoms with Crippen LogP contribution in [0.3, 0.4) is 0 Å². The van der Waals surface area contributed by atoms with Gasteiger partial charge in [-0.2, -0.15) is 5.10 Å². The lowest BCUT2D eigenvalue weighted by Crippen LogP contribution is -2.52. The maximum Gasteiger partial charge on any atom is 0.263 e. The molecule has 0 aromatic heterocycles. The lowest BCUT2D eigenvalue weighted by Gasteiger charge is -2.36. The van der Waals surface area contributed by atoms with E-state index in [1.54, 1.807) is 5.01 Å². The van der Waals surface area contributed by atoms with Crippen LogP contribution in [0.1, 0.15) is 11.1 Å². The standard InChI is InChI=1S/C22H22ClN5O2/c23-17-6-7-19-18(12-17)22(16-4-2-1-3-5-16)24-13-20-25-28(21(29)14-27(19)20)15-26-8-10-30-11-9-26/h1-7,12H,8-11,13-15H2. The van der Waals surface area contributed by atoms with Gasteiger partial charge in [-0.1, -0.05) is 41.9 Å². The highest BCUT2D eigenvalue weighted by atomic mass is 35.5. The highest BCUT2D eigenvalue weighted by molar-refractivity contribution is 6.32. The van der Waals surface area contributed by atoms with Crippen molar-refractivity contribution in [1.82, 2.24) is 9.91 Å². The number of fused-ring (bicyclic) bond motifs is 3. The van der Waals surface area contributed by atoms with Gasteiger partial charge in [0, 0.05) is 29.2 Å². The predicted octanol–water partition coefficient (Wildman–Crippen LogP) is 2.44. The quantitative estimate of drug-likeness (QED) is 0.760. The second-order valence-corrected chi connectivity index (χ2v) is 7.90. The molecule has 0 spiro atoms. The van der Waals surface area contributed by atoms with E-state index in [2.05, 4.69) is 4.90 Å². The number of hydrazone groups is 1. The number of aliphatic imine (C=N–C) groups is 1. The number of anilines is 1. The number of hydrogen-bond donors (Lipinski definition) is 0. The molecule has 3 heterocycles. The van der Waals surface area contributed by atoms with Crippen molar-refractivity contribution in [3.63, 3.8) is 0 Å². The van der Waals surface area contributed by atoms with Crippen molar-refractivity contribution in [2.24, 2.45) is 10.1 Å². The minimum atomic E-state index is -0.0331. The summed E-state index contributed by atoms with van der Waals surface area (Å²) in [5.41, 5.74) is 3.68. The second-order valence-electron chi connectivity index (χ2n) is 7.46. The van der Waals surface area contributed by atoms with Crippen LogP contribution in [0.4, 0.5) is 5.69 Å². The Morgan fingerprint density at radius 2 is 1.87 bits per heavy atom. The zero-order valence-corrected chi connectivity index (χ0v) is 17.3. The lowest BCUT2D eigenvalue weighted by atomic mass is 10.00. The first-order valence-electron chi connectivity index (χ1n) is 10.0. The Labute approximate surface area is 180 Å². The lowest BCUT2D eigenvalue weighted by molar-refractivity contribution is -0.133. The summed E-state index contributed by atoms with van der Waals surface area (Å²) in [7, 11) is 0. The molecule has 5 rings (SSSR count). The average Bonchev–Trinajstić information content (AvgIpc) is 2.92. The second kappa shape index (κ2) is 8.18. The van der Waals surface area contributed by atoms with Crippen molar-refractivity contribution < 1.29 is 9.53 Å². The van der Waals surface area contributed by atoms with Crippen LogP contribution in [-0.2, 0) is 9.53 Å². The molecule has 1 saturated heterocycles. The van der Waals surface area contributed by atoms with E-state index in [1.807, 2.05) is 53.4 Å².